The number of rotatable bonds is 4. The standard InChI is InChI=1S/C11H15Cl2NO/c1-7-5-10(13)11(6-9(7)12)14-4-3-8(2)15/h5-6,8,14-15H,3-4H2,1-2H3. The van der Waals surface area contributed by atoms with Gasteiger partial charge in [0.1, 0.15) is 0 Å². The molecule has 1 atom stereocenters. The summed E-state index contributed by atoms with van der Waals surface area (Å²) in [6.07, 6.45) is 0.374. The molecule has 84 valence electrons. The first-order valence-electron chi connectivity index (χ1n) is 4.88. The van der Waals surface area contributed by atoms with Crippen molar-refractivity contribution in [2.75, 3.05) is 11.9 Å². The summed E-state index contributed by atoms with van der Waals surface area (Å²) in [5.74, 6) is 0. The Labute approximate surface area is 100 Å². The van der Waals surface area contributed by atoms with E-state index in [1.54, 1.807) is 13.0 Å². The summed E-state index contributed by atoms with van der Waals surface area (Å²) in [7, 11) is 0. The monoisotopic (exact) mass is 247 g/mol. The molecule has 0 fully saturated rings. The smallest absolute Gasteiger partial charge is 0.0641 e. The number of anilines is 1. The molecular formula is C11H15Cl2NO. The Balaban J connectivity index is 2.65. The SMILES string of the molecule is Cc1cc(Cl)c(NCCC(C)O)cc1Cl. The second kappa shape index (κ2) is 5.59. The topological polar surface area (TPSA) is 32.3 Å². The minimum atomic E-state index is -0.308. The number of aryl methyl sites for hydroxylation is 1. The summed E-state index contributed by atoms with van der Waals surface area (Å²) >= 11 is 12.0. The van der Waals surface area contributed by atoms with Crippen LogP contribution in [0.2, 0.25) is 10.0 Å². The van der Waals surface area contributed by atoms with Crippen molar-refractivity contribution in [1.29, 1.82) is 0 Å². The van der Waals surface area contributed by atoms with Gasteiger partial charge in [0.05, 0.1) is 16.8 Å². The van der Waals surface area contributed by atoms with Gasteiger partial charge in [0, 0.05) is 11.6 Å². The lowest BCUT2D eigenvalue weighted by molar-refractivity contribution is 0.189. The Morgan fingerprint density at radius 2 is 2.00 bits per heavy atom. The molecule has 0 saturated heterocycles. The Morgan fingerprint density at radius 1 is 1.33 bits per heavy atom. The molecule has 1 aromatic rings. The molecule has 0 radical (unpaired) electrons. The third kappa shape index (κ3) is 3.90. The van der Waals surface area contributed by atoms with Crippen LogP contribution in [0.3, 0.4) is 0 Å². The number of halogens is 2. The van der Waals surface area contributed by atoms with Gasteiger partial charge in [0.15, 0.2) is 0 Å². The molecular weight excluding hydrogens is 233 g/mol. The van der Waals surface area contributed by atoms with Crippen LogP contribution >= 0.6 is 23.2 Å². The summed E-state index contributed by atoms with van der Waals surface area (Å²) in [4.78, 5) is 0. The van der Waals surface area contributed by atoms with Gasteiger partial charge in [-0.15, -0.1) is 0 Å². The van der Waals surface area contributed by atoms with Crippen LogP contribution in [0.4, 0.5) is 5.69 Å². The van der Waals surface area contributed by atoms with Gasteiger partial charge in [-0.3, -0.25) is 0 Å². The largest absolute Gasteiger partial charge is 0.393 e. The second-order valence-electron chi connectivity index (χ2n) is 3.65. The van der Waals surface area contributed by atoms with Crippen molar-refractivity contribution in [2.24, 2.45) is 0 Å². The van der Waals surface area contributed by atoms with Crippen molar-refractivity contribution in [3.05, 3.63) is 27.7 Å². The fraction of sp³-hybridized carbons (Fsp3) is 0.455. The molecule has 2 N–H and O–H groups in total. The highest BCUT2D eigenvalue weighted by Gasteiger charge is 2.04. The fourth-order valence-electron chi connectivity index (χ4n) is 1.20. The van der Waals surface area contributed by atoms with Crippen LogP contribution in [0.5, 0.6) is 0 Å². The Morgan fingerprint density at radius 3 is 2.60 bits per heavy atom. The van der Waals surface area contributed by atoms with Gasteiger partial charge in [-0.25, -0.2) is 0 Å². The molecule has 0 aliphatic carbocycles. The zero-order valence-corrected chi connectivity index (χ0v) is 10.4. The predicted molar refractivity (Wildman–Crippen MR) is 66.0 cm³/mol. The molecule has 1 aromatic carbocycles. The third-order valence-electron chi connectivity index (χ3n) is 2.13. The van der Waals surface area contributed by atoms with Crippen LogP contribution in [0, 0.1) is 6.92 Å². The molecule has 2 nitrogen and oxygen atoms in total. The summed E-state index contributed by atoms with van der Waals surface area (Å²) in [6, 6.07) is 3.63. The minimum absolute atomic E-state index is 0.308. The Kier molecular flexibility index (Phi) is 4.71. The molecule has 1 unspecified atom stereocenters. The molecule has 4 heteroatoms. The van der Waals surface area contributed by atoms with E-state index in [2.05, 4.69) is 5.32 Å². The average Bonchev–Trinajstić information content (AvgIpc) is 2.13. The molecule has 0 heterocycles. The molecule has 0 aliphatic heterocycles. The van der Waals surface area contributed by atoms with E-state index in [1.807, 2.05) is 13.0 Å². The van der Waals surface area contributed by atoms with Crippen molar-refractivity contribution < 1.29 is 5.11 Å². The lowest BCUT2D eigenvalue weighted by Gasteiger charge is -2.11. The van der Waals surface area contributed by atoms with Crippen LogP contribution in [-0.4, -0.2) is 17.8 Å². The normalized spacial score (nSPS) is 12.6. The van der Waals surface area contributed by atoms with Crippen molar-refractivity contribution in [3.63, 3.8) is 0 Å². The van der Waals surface area contributed by atoms with E-state index in [9.17, 15) is 0 Å². The number of nitrogens with one attached hydrogen (secondary N) is 1. The molecule has 1 rings (SSSR count). The van der Waals surface area contributed by atoms with Crippen molar-refractivity contribution in [3.8, 4) is 0 Å². The van der Waals surface area contributed by atoms with E-state index < -0.39 is 0 Å². The quantitative estimate of drug-likeness (QED) is 0.854. The summed E-state index contributed by atoms with van der Waals surface area (Å²) in [5, 5.41) is 13.6. The number of aliphatic hydroxyl groups is 1. The highest BCUT2D eigenvalue weighted by Crippen LogP contribution is 2.28. The van der Waals surface area contributed by atoms with Crippen molar-refractivity contribution >= 4 is 28.9 Å². The van der Waals surface area contributed by atoms with Crippen LogP contribution in [0.15, 0.2) is 12.1 Å². The number of benzene rings is 1. The van der Waals surface area contributed by atoms with Crippen LogP contribution in [0.25, 0.3) is 0 Å². The molecule has 0 aromatic heterocycles. The van der Waals surface area contributed by atoms with Gasteiger partial charge in [-0.05, 0) is 38.0 Å². The number of hydrogen-bond acceptors (Lipinski definition) is 2. The lowest BCUT2D eigenvalue weighted by Crippen LogP contribution is -2.10. The fourth-order valence-corrected chi connectivity index (χ4v) is 1.65. The Hall–Kier alpha value is -0.440. The van der Waals surface area contributed by atoms with Crippen LogP contribution in [0.1, 0.15) is 18.9 Å². The molecule has 15 heavy (non-hydrogen) atoms. The van der Waals surface area contributed by atoms with Crippen molar-refractivity contribution in [1.82, 2.24) is 0 Å². The lowest BCUT2D eigenvalue weighted by atomic mass is 10.2. The highest BCUT2D eigenvalue weighted by molar-refractivity contribution is 6.35. The van der Waals surface area contributed by atoms with E-state index >= 15 is 0 Å². The van der Waals surface area contributed by atoms with Gasteiger partial charge in [0.2, 0.25) is 0 Å². The van der Waals surface area contributed by atoms with E-state index in [4.69, 9.17) is 28.3 Å². The highest BCUT2D eigenvalue weighted by atomic mass is 35.5. The van der Waals surface area contributed by atoms with Crippen LogP contribution in [-0.2, 0) is 0 Å². The van der Waals surface area contributed by atoms with Gasteiger partial charge in [-0.1, -0.05) is 23.2 Å². The summed E-state index contributed by atoms with van der Waals surface area (Å²) in [6.45, 7) is 4.34. The van der Waals surface area contributed by atoms with E-state index in [0.717, 1.165) is 11.3 Å². The maximum absolute atomic E-state index is 9.10. The van der Waals surface area contributed by atoms with Crippen LogP contribution < -0.4 is 5.32 Å². The first-order valence-corrected chi connectivity index (χ1v) is 5.64. The minimum Gasteiger partial charge on any atom is -0.393 e. The van der Waals surface area contributed by atoms with Gasteiger partial charge in [-0.2, -0.15) is 0 Å². The third-order valence-corrected chi connectivity index (χ3v) is 2.85. The summed E-state index contributed by atoms with van der Waals surface area (Å²) < 4.78 is 0. The number of aliphatic hydroxyl groups excluding tert-OH is 1. The van der Waals surface area contributed by atoms with E-state index in [-0.39, 0.29) is 6.10 Å². The maximum atomic E-state index is 9.10. The van der Waals surface area contributed by atoms with Gasteiger partial charge in [0.25, 0.3) is 0 Å². The molecule has 0 aliphatic rings. The Bertz CT molecular complexity index is 340. The average molecular weight is 248 g/mol. The maximum Gasteiger partial charge on any atom is 0.0641 e. The first kappa shape index (κ1) is 12.6. The molecule has 0 bridgehead atoms. The van der Waals surface area contributed by atoms with Crippen molar-refractivity contribution in [2.45, 2.75) is 26.4 Å². The molecule has 0 spiro atoms. The predicted octanol–water partition coefficient (Wildman–Crippen LogP) is 3.48. The van der Waals surface area contributed by atoms with E-state index in [0.29, 0.717) is 23.0 Å². The number of hydrogen-bond donors (Lipinski definition) is 2. The summed E-state index contributed by atoms with van der Waals surface area (Å²) in [5.41, 5.74) is 1.77. The zero-order chi connectivity index (χ0) is 11.4. The second-order valence-corrected chi connectivity index (χ2v) is 4.46. The molecule has 0 saturated carbocycles. The van der Waals surface area contributed by atoms with E-state index in [1.165, 1.54) is 0 Å². The molecule has 0 amide bonds. The van der Waals surface area contributed by atoms with Gasteiger partial charge < -0.3 is 10.4 Å². The first-order chi connectivity index (χ1) is 7.00. The van der Waals surface area contributed by atoms with Gasteiger partial charge >= 0.3 is 0 Å². The zero-order valence-electron chi connectivity index (χ0n) is 8.85.